The molecule has 85 heavy (non-hydrogen) atoms. The summed E-state index contributed by atoms with van der Waals surface area (Å²) in [5, 5.41) is 7.80. The minimum atomic E-state index is -3.70. The number of hydrogen-bond acceptors (Lipinski definition) is 13. The minimum absolute atomic E-state index is 0.200. The molecule has 0 aliphatic carbocycles. The van der Waals surface area contributed by atoms with E-state index in [0.717, 1.165) is 63.6 Å². The Balaban J connectivity index is 0.000000264. The molecule has 13 nitrogen and oxygen atoms in total. The molecule has 0 unspecified atom stereocenters. The van der Waals surface area contributed by atoms with Gasteiger partial charge in [0.2, 0.25) is 0 Å². The molecule has 0 aliphatic heterocycles. The van der Waals surface area contributed by atoms with Gasteiger partial charge in [0, 0.05) is 0 Å². The third-order valence-corrected chi connectivity index (χ3v) is 15.4. The number of aryl methyl sites for hydroxylation is 1. The molecule has 0 aliphatic rings. The van der Waals surface area contributed by atoms with E-state index in [1.54, 1.807) is 52.0 Å². The number of carbonyl (C=O) groups excluding carboxylic acids is 4. The Labute approximate surface area is 505 Å². The summed E-state index contributed by atoms with van der Waals surface area (Å²) in [6.45, 7) is 11.7. The molecular formula is C71H86N2O11S. The number of nitrogens with one attached hydrogen (secondary N) is 2. The quantitative estimate of drug-likeness (QED) is 0.0102. The van der Waals surface area contributed by atoms with Crippen molar-refractivity contribution in [1.29, 1.82) is 0 Å². The molecule has 0 amide bonds. The minimum Gasteiger partial charge on any atom is -0.466 e. The number of carbonyl (C=O) groups is 4. The maximum absolute atomic E-state index is 12.4. The van der Waals surface area contributed by atoms with Crippen molar-refractivity contribution in [3.05, 3.63) is 245 Å². The maximum Gasteiger partial charge on any atom is 0.320 e. The van der Waals surface area contributed by atoms with Gasteiger partial charge in [-0.3, -0.25) is 34.0 Å². The van der Waals surface area contributed by atoms with Crippen molar-refractivity contribution in [3.63, 3.8) is 0 Å². The van der Waals surface area contributed by atoms with E-state index in [0.29, 0.717) is 12.8 Å². The van der Waals surface area contributed by atoms with Gasteiger partial charge in [0.1, 0.15) is 6.42 Å². The first kappa shape index (κ1) is 68.0. The Morgan fingerprint density at radius 2 is 0.706 bits per heavy atom. The van der Waals surface area contributed by atoms with E-state index in [1.165, 1.54) is 33.4 Å². The molecule has 0 aromatic heterocycles. The highest BCUT2D eigenvalue weighted by atomic mass is 32.2. The number of benzene rings is 7. The van der Waals surface area contributed by atoms with Gasteiger partial charge in [-0.1, -0.05) is 232 Å². The molecule has 0 atom stereocenters. The lowest BCUT2D eigenvalue weighted by atomic mass is 9.77. The van der Waals surface area contributed by atoms with Crippen LogP contribution in [0.5, 0.6) is 0 Å². The predicted molar refractivity (Wildman–Crippen MR) is 335 cm³/mol. The lowest BCUT2D eigenvalue weighted by Crippen LogP contribution is -2.45. The first-order chi connectivity index (χ1) is 41.4. The fraction of sp³-hybridized carbons (Fsp3) is 0.352. The SMILES string of the molecule is CCOC(=O)C(CCCCCCNC(c1ccccc1)(c1ccccc1)c1ccccc1)C(=O)OCC.CCOC(=O)CC(=O)OCC.Cc1ccc(S(=O)(=O)OCCCCCCNC(c2ccccc2)(c2ccccc2)c2ccccc2)cc1. The van der Waals surface area contributed by atoms with Crippen molar-refractivity contribution < 1.29 is 50.7 Å². The van der Waals surface area contributed by atoms with Gasteiger partial charge in [-0.15, -0.1) is 0 Å². The largest absolute Gasteiger partial charge is 0.466 e. The molecule has 7 aromatic carbocycles. The smallest absolute Gasteiger partial charge is 0.320 e. The average molecular weight is 1180 g/mol. The van der Waals surface area contributed by atoms with Gasteiger partial charge in [-0.25, -0.2) is 0 Å². The summed E-state index contributed by atoms with van der Waals surface area (Å²) in [5.74, 6) is -2.88. The lowest BCUT2D eigenvalue weighted by Gasteiger charge is -2.37. The molecule has 14 heteroatoms. The zero-order chi connectivity index (χ0) is 61.0. The number of unbranched alkanes of at least 4 members (excludes halogenated alkanes) is 6. The van der Waals surface area contributed by atoms with E-state index in [4.69, 9.17) is 13.7 Å². The van der Waals surface area contributed by atoms with Crippen LogP contribution in [-0.2, 0) is 63.5 Å². The molecule has 0 saturated heterocycles. The van der Waals surface area contributed by atoms with Crippen LogP contribution in [-0.4, -0.2) is 78.4 Å². The molecule has 452 valence electrons. The van der Waals surface area contributed by atoms with Crippen LogP contribution in [0.1, 0.15) is 131 Å². The summed E-state index contributed by atoms with van der Waals surface area (Å²) in [7, 11) is -3.70. The molecule has 7 rings (SSSR count). The van der Waals surface area contributed by atoms with Crippen molar-refractivity contribution in [3.8, 4) is 0 Å². The molecule has 0 heterocycles. The fourth-order valence-corrected chi connectivity index (χ4v) is 10.9. The van der Waals surface area contributed by atoms with Crippen LogP contribution >= 0.6 is 0 Å². The molecule has 7 aromatic rings. The summed E-state index contributed by atoms with van der Waals surface area (Å²) in [6.07, 6.45) is 7.36. The van der Waals surface area contributed by atoms with Crippen LogP contribution in [0.4, 0.5) is 0 Å². The van der Waals surface area contributed by atoms with E-state index >= 15 is 0 Å². The zero-order valence-corrected chi connectivity index (χ0v) is 50.9. The molecule has 0 bridgehead atoms. The Bertz CT molecular complexity index is 2870. The summed E-state index contributed by atoms with van der Waals surface area (Å²) < 4.78 is 49.2. The molecule has 2 N–H and O–H groups in total. The highest BCUT2D eigenvalue weighted by Gasteiger charge is 2.37. The van der Waals surface area contributed by atoms with Gasteiger partial charge in [0.15, 0.2) is 5.92 Å². The van der Waals surface area contributed by atoms with E-state index in [9.17, 15) is 27.6 Å². The van der Waals surface area contributed by atoms with Gasteiger partial charge in [0.25, 0.3) is 10.1 Å². The number of rotatable bonds is 32. The second-order valence-corrected chi connectivity index (χ2v) is 21.7. The van der Waals surface area contributed by atoms with Crippen LogP contribution in [0.3, 0.4) is 0 Å². The monoisotopic (exact) mass is 1170 g/mol. The summed E-state index contributed by atoms with van der Waals surface area (Å²) in [4.78, 5) is 45.8. The number of ether oxygens (including phenoxy) is 4. The highest BCUT2D eigenvalue weighted by Crippen LogP contribution is 2.38. The van der Waals surface area contributed by atoms with Crippen LogP contribution in [0, 0.1) is 12.8 Å². The molecular weight excluding hydrogens is 1090 g/mol. The van der Waals surface area contributed by atoms with E-state index in [2.05, 4.69) is 166 Å². The molecule has 0 radical (unpaired) electrons. The van der Waals surface area contributed by atoms with E-state index in [1.807, 2.05) is 43.3 Å². The Kier molecular flexibility index (Phi) is 30.0. The van der Waals surface area contributed by atoms with Crippen LogP contribution < -0.4 is 10.6 Å². The topological polar surface area (TPSA) is 173 Å². The van der Waals surface area contributed by atoms with Gasteiger partial charge in [0.05, 0.1) is 49.0 Å². The third-order valence-electron chi connectivity index (χ3n) is 14.1. The van der Waals surface area contributed by atoms with Gasteiger partial charge in [-0.2, -0.15) is 8.42 Å². The standard InChI is InChI=1S/C32H39NO4.C32H35NO3S.C7H12O4/c1-3-36-30(34)29(31(35)37-4-2)24-16-5-6-17-25-33-32(26-18-10-7-11-19-26,27-20-12-8-13-21-27)28-22-14-9-15-23-28;1-27-21-23-31(24-22-27)37(34,35)36-26-14-3-2-13-25-33-32(28-15-7-4-8-16-28,29-17-9-5-10-18-29)30-19-11-6-12-20-30;1-3-10-6(8)5-7(9)11-4-2/h7-15,18-23,29,33H,3-6,16-17,24-25H2,1-2H3;4-12,15-24,33H,2-3,13-14,25-26H2,1H3;3-5H2,1-2H3. The first-order valence-electron chi connectivity index (χ1n) is 29.8. The van der Waals surface area contributed by atoms with Crippen molar-refractivity contribution in [1.82, 2.24) is 10.6 Å². The van der Waals surface area contributed by atoms with Crippen molar-refractivity contribution in [2.45, 2.75) is 115 Å². The maximum atomic E-state index is 12.4. The van der Waals surface area contributed by atoms with Gasteiger partial charge in [-0.05, 0) is 119 Å². The normalized spacial score (nSPS) is 11.3. The molecule has 0 spiro atoms. The summed E-state index contributed by atoms with van der Waals surface area (Å²) in [6, 6.07) is 70.2. The second-order valence-electron chi connectivity index (χ2n) is 20.1. The van der Waals surface area contributed by atoms with Gasteiger partial charge >= 0.3 is 23.9 Å². The van der Waals surface area contributed by atoms with Crippen LogP contribution in [0.15, 0.2) is 211 Å². The number of esters is 4. The third kappa shape index (κ3) is 21.4. The highest BCUT2D eigenvalue weighted by molar-refractivity contribution is 7.86. The predicted octanol–water partition coefficient (Wildman–Crippen LogP) is 13.6. The first-order valence-corrected chi connectivity index (χ1v) is 31.2. The van der Waals surface area contributed by atoms with Crippen molar-refractivity contribution in [2.24, 2.45) is 5.92 Å². The average Bonchev–Trinajstić information content (AvgIpc) is 2.65. The van der Waals surface area contributed by atoms with E-state index < -0.39 is 51.0 Å². The number of hydrogen-bond donors (Lipinski definition) is 2. The lowest BCUT2D eigenvalue weighted by molar-refractivity contribution is -0.162. The summed E-state index contributed by atoms with van der Waals surface area (Å²) in [5.41, 5.74) is 7.25. The van der Waals surface area contributed by atoms with Crippen molar-refractivity contribution in [2.75, 3.05) is 46.1 Å². The Hall–Kier alpha value is -7.75. The van der Waals surface area contributed by atoms with Gasteiger partial charge < -0.3 is 18.9 Å². The van der Waals surface area contributed by atoms with Crippen LogP contribution in [0.25, 0.3) is 0 Å². The van der Waals surface area contributed by atoms with Crippen LogP contribution in [0.2, 0.25) is 0 Å². The Morgan fingerprint density at radius 1 is 0.400 bits per heavy atom. The second kappa shape index (κ2) is 37.5. The Morgan fingerprint density at radius 3 is 1.02 bits per heavy atom. The summed E-state index contributed by atoms with van der Waals surface area (Å²) >= 11 is 0. The molecule has 0 saturated carbocycles. The molecule has 0 fully saturated rings. The fourth-order valence-electron chi connectivity index (χ4n) is 10.0. The van der Waals surface area contributed by atoms with Crippen molar-refractivity contribution >= 4 is 34.0 Å². The zero-order valence-electron chi connectivity index (χ0n) is 50.1. The van der Waals surface area contributed by atoms with E-state index in [-0.39, 0.29) is 44.4 Å².